The summed E-state index contributed by atoms with van der Waals surface area (Å²) in [5.74, 6) is 0.324. The van der Waals surface area contributed by atoms with Crippen molar-refractivity contribution in [2.45, 2.75) is 44.9 Å². The van der Waals surface area contributed by atoms with Gasteiger partial charge in [-0.05, 0) is 42.4 Å². The number of hydrogen-bond donors (Lipinski definition) is 0. The summed E-state index contributed by atoms with van der Waals surface area (Å²) in [7, 11) is 0. The molecule has 0 bridgehead atoms. The van der Waals surface area contributed by atoms with Crippen molar-refractivity contribution >= 4 is 11.5 Å². The number of nitrogens with zero attached hydrogens (tertiary/aromatic N) is 1. The van der Waals surface area contributed by atoms with E-state index in [1.54, 1.807) is 0 Å². The summed E-state index contributed by atoms with van der Waals surface area (Å²) in [6.07, 6.45) is 4.22. The Bertz CT molecular complexity index is 484. The predicted molar refractivity (Wildman–Crippen MR) is 74.5 cm³/mol. The molecule has 0 atom stereocenters. The summed E-state index contributed by atoms with van der Waals surface area (Å²) in [5, 5.41) is 0. The third-order valence-corrected chi connectivity index (χ3v) is 4.48. The van der Waals surface area contributed by atoms with Gasteiger partial charge in [-0.15, -0.1) is 0 Å². The molecule has 18 heavy (non-hydrogen) atoms. The van der Waals surface area contributed by atoms with Gasteiger partial charge in [0.2, 0.25) is 0 Å². The molecule has 2 heteroatoms. The van der Waals surface area contributed by atoms with Crippen LogP contribution in [0.25, 0.3) is 0 Å². The van der Waals surface area contributed by atoms with E-state index in [4.69, 9.17) is 0 Å². The number of Topliss-reactive ketones (excluding diaryl/α,β-unsaturated/α-hetero) is 1. The highest BCUT2D eigenvalue weighted by Crippen LogP contribution is 2.38. The number of anilines is 1. The van der Waals surface area contributed by atoms with Crippen LogP contribution in [-0.2, 0) is 5.41 Å². The van der Waals surface area contributed by atoms with Crippen LogP contribution in [0.4, 0.5) is 5.69 Å². The third kappa shape index (κ3) is 1.84. The van der Waals surface area contributed by atoms with E-state index < -0.39 is 0 Å². The smallest absolute Gasteiger partial charge is 0.163 e. The van der Waals surface area contributed by atoms with Gasteiger partial charge in [-0.3, -0.25) is 4.79 Å². The lowest BCUT2D eigenvalue weighted by molar-refractivity contribution is 0.0957. The average molecular weight is 243 g/mol. The van der Waals surface area contributed by atoms with E-state index in [-0.39, 0.29) is 5.41 Å². The largest absolute Gasteiger partial charge is 0.372 e. The van der Waals surface area contributed by atoms with Gasteiger partial charge in [-0.25, -0.2) is 0 Å². The van der Waals surface area contributed by atoms with Gasteiger partial charge in [-0.2, -0.15) is 0 Å². The number of fused-ring (bicyclic) bond motifs is 1. The molecule has 1 saturated heterocycles. The molecule has 1 aromatic carbocycles. The van der Waals surface area contributed by atoms with E-state index >= 15 is 0 Å². The molecule has 0 radical (unpaired) electrons. The number of carbonyl (C=O) groups is 1. The first-order chi connectivity index (χ1) is 8.58. The second-order valence-corrected chi connectivity index (χ2v) is 6.23. The third-order valence-electron chi connectivity index (χ3n) is 4.48. The molecule has 2 aliphatic rings. The Labute approximate surface area is 109 Å². The van der Waals surface area contributed by atoms with Crippen LogP contribution < -0.4 is 4.90 Å². The molecule has 0 unspecified atom stereocenters. The van der Waals surface area contributed by atoms with Crippen molar-refractivity contribution in [3.63, 3.8) is 0 Å². The molecule has 1 heterocycles. The minimum atomic E-state index is 0.146. The molecule has 0 N–H and O–H groups in total. The number of benzene rings is 1. The zero-order valence-corrected chi connectivity index (χ0v) is 11.3. The lowest BCUT2D eigenvalue weighted by Crippen LogP contribution is -2.28. The van der Waals surface area contributed by atoms with E-state index in [1.807, 2.05) is 0 Å². The minimum Gasteiger partial charge on any atom is -0.372 e. The van der Waals surface area contributed by atoms with Crippen LogP contribution in [0.15, 0.2) is 18.2 Å². The first kappa shape index (κ1) is 11.8. The van der Waals surface area contributed by atoms with Crippen LogP contribution in [0.1, 0.15) is 55.5 Å². The van der Waals surface area contributed by atoms with Gasteiger partial charge in [0, 0.05) is 30.8 Å². The summed E-state index contributed by atoms with van der Waals surface area (Å²) in [6.45, 7) is 6.76. The second-order valence-electron chi connectivity index (χ2n) is 6.23. The molecule has 1 aliphatic heterocycles. The normalized spacial score (nSPS) is 22.1. The molecule has 0 aromatic heterocycles. The second kappa shape index (κ2) is 4.11. The quantitative estimate of drug-likeness (QED) is 0.752. The van der Waals surface area contributed by atoms with E-state index in [0.29, 0.717) is 12.2 Å². The Hall–Kier alpha value is -1.31. The molecule has 96 valence electrons. The SMILES string of the molecule is CC1(C)CCC(=O)c2cc(N3CCCC3)ccc21. The van der Waals surface area contributed by atoms with Gasteiger partial charge in [0.1, 0.15) is 0 Å². The molecule has 2 nitrogen and oxygen atoms in total. The van der Waals surface area contributed by atoms with Crippen molar-refractivity contribution in [2.75, 3.05) is 18.0 Å². The van der Waals surface area contributed by atoms with Crippen molar-refractivity contribution in [3.8, 4) is 0 Å². The van der Waals surface area contributed by atoms with Gasteiger partial charge in [-0.1, -0.05) is 19.9 Å². The fourth-order valence-electron chi connectivity index (χ4n) is 3.22. The summed E-state index contributed by atoms with van der Waals surface area (Å²) >= 11 is 0. The molecular formula is C16H21NO. The Morgan fingerprint density at radius 1 is 1.17 bits per heavy atom. The molecular weight excluding hydrogens is 222 g/mol. The van der Waals surface area contributed by atoms with Crippen molar-refractivity contribution in [1.82, 2.24) is 0 Å². The molecule has 0 saturated carbocycles. The van der Waals surface area contributed by atoms with Gasteiger partial charge in [0.05, 0.1) is 0 Å². The summed E-state index contributed by atoms with van der Waals surface area (Å²) in [6, 6.07) is 6.51. The maximum atomic E-state index is 12.1. The van der Waals surface area contributed by atoms with E-state index in [0.717, 1.165) is 25.1 Å². The fourth-order valence-corrected chi connectivity index (χ4v) is 3.22. The van der Waals surface area contributed by atoms with Crippen LogP contribution in [0.2, 0.25) is 0 Å². The predicted octanol–water partition coefficient (Wildman–Crippen LogP) is 3.54. The Balaban J connectivity index is 2.03. The van der Waals surface area contributed by atoms with Gasteiger partial charge in [0.15, 0.2) is 5.78 Å². The highest BCUT2D eigenvalue weighted by molar-refractivity contribution is 6.00. The van der Waals surface area contributed by atoms with Crippen molar-refractivity contribution in [2.24, 2.45) is 0 Å². The van der Waals surface area contributed by atoms with Crippen molar-refractivity contribution in [1.29, 1.82) is 0 Å². The highest BCUT2D eigenvalue weighted by Gasteiger charge is 2.32. The maximum Gasteiger partial charge on any atom is 0.163 e. The lowest BCUT2D eigenvalue weighted by atomic mass is 9.72. The van der Waals surface area contributed by atoms with Gasteiger partial charge in [0.25, 0.3) is 0 Å². The zero-order chi connectivity index (χ0) is 12.8. The van der Waals surface area contributed by atoms with Crippen molar-refractivity contribution < 1.29 is 4.79 Å². The molecule has 1 fully saturated rings. The Morgan fingerprint density at radius 2 is 1.89 bits per heavy atom. The highest BCUT2D eigenvalue weighted by atomic mass is 16.1. The fraction of sp³-hybridized carbons (Fsp3) is 0.562. The van der Waals surface area contributed by atoms with Crippen LogP contribution in [0, 0.1) is 0 Å². The summed E-state index contributed by atoms with van der Waals surface area (Å²) in [4.78, 5) is 14.5. The summed E-state index contributed by atoms with van der Waals surface area (Å²) < 4.78 is 0. The minimum absolute atomic E-state index is 0.146. The van der Waals surface area contributed by atoms with Crippen molar-refractivity contribution in [3.05, 3.63) is 29.3 Å². The zero-order valence-electron chi connectivity index (χ0n) is 11.3. The molecule has 0 spiro atoms. The van der Waals surface area contributed by atoms with Crippen LogP contribution in [0.5, 0.6) is 0 Å². The van der Waals surface area contributed by atoms with Crippen LogP contribution in [-0.4, -0.2) is 18.9 Å². The number of hydrogen-bond acceptors (Lipinski definition) is 2. The monoisotopic (exact) mass is 243 g/mol. The molecule has 3 rings (SSSR count). The maximum absolute atomic E-state index is 12.1. The Morgan fingerprint density at radius 3 is 2.61 bits per heavy atom. The average Bonchev–Trinajstić information content (AvgIpc) is 2.88. The van der Waals surface area contributed by atoms with E-state index in [2.05, 4.69) is 36.9 Å². The first-order valence-electron chi connectivity index (χ1n) is 7.01. The summed E-state index contributed by atoms with van der Waals surface area (Å²) in [5.41, 5.74) is 3.59. The Kier molecular flexibility index (Phi) is 2.69. The van der Waals surface area contributed by atoms with Crippen LogP contribution >= 0.6 is 0 Å². The standard InChI is InChI=1S/C16H21NO/c1-16(2)8-7-15(18)13-11-12(5-6-14(13)16)17-9-3-4-10-17/h5-6,11H,3-4,7-10H2,1-2H3. The van der Waals surface area contributed by atoms with Gasteiger partial charge < -0.3 is 4.90 Å². The molecule has 0 amide bonds. The number of carbonyl (C=O) groups excluding carboxylic acids is 1. The lowest BCUT2D eigenvalue weighted by Gasteiger charge is -2.32. The van der Waals surface area contributed by atoms with E-state index in [9.17, 15) is 4.79 Å². The topological polar surface area (TPSA) is 20.3 Å². The van der Waals surface area contributed by atoms with Crippen LogP contribution in [0.3, 0.4) is 0 Å². The first-order valence-corrected chi connectivity index (χ1v) is 7.01. The van der Waals surface area contributed by atoms with E-state index in [1.165, 1.54) is 24.1 Å². The number of rotatable bonds is 1. The van der Waals surface area contributed by atoms with Gasteiger partial charge >= 0.3 is 0 Å². The molecule has 1 aliphatic carbocycles. The number of ketones is 1. The molecule has 1 aromatic rings.